The van der Waals surface area contributed by atoms with E-state index in [0.29, 0.717) is 0 Å². The van der Waals surface area contributed by atoms with Crippen molar-refractivity contribution in [1.82, 2.24) is 19.7 Å². The molecule has 1 aromatic carbocycles. The normalized spacial score (nSPS) is 23.1. The maximum absolute atomic E-state index is 9.79. The SMILES string of the molecule is CC1(CO)Cc2nnc(C3(c4ccc(-c5ccccn5)cc4)CC3)n2CCS1. The third kappa shape index (κ3) is 2.95. The molecule has 0 bridgehead atoms. The van der Waals surface area contributed by atoms with Crippen LogP contribution in [-0.2, 0) is 18.4 Å². The molecule has 2 aliphatic rings. The minimum atomic E-state index is -0.167. The highest BCUT2D eigenvalue weighted by Gasteiger charge is 2.50. The Morgan fingerprint density at radius 2 is 1.93 bits per heavy atom. The first-order chi connectivity index (χ1) is 13.6. The molecular weight excluding hydrogens is 368 g/mol. The van der Waals surface area contributed by atoms with Gasteiger partial charge in [-0.1, -0.05) is 30.3 Å². The van der Waals surface area contributed by atoms with Gasteiger partial charge in [0.15, 0.2) is 0 Å². The van der Waals surface area contributed by atoms with Gasteiger partial charge in [0.2, 0.25) is 0 Å². The highest BCUT2D eigenvalue weighted by Crippen LogP contribution is 2.53. The van der Waals surface area contributed by atoms with Gasteiger partial charge in [-0.2, -0.15) is 11.8 Å². The fourth-order valence-electron chi connectivity index (χ4n) is 4.19. The van der Waals surface area contributed by atoms with Gasteiger partial charge in [-0.15, -0.1) is 10.2 Å². The molecule has 6 heteroatoms. The molecule has 0 spiro atoms. The highest BCUT2D eigenvalue weighted by atomic mass is 32.2. The average molecular weight is 393 g/mol. The monoisotopic (exact) mass is 392 g/mol. The van der Waals surface area contributed by atoms with Crippen LogP contribution in [0.5, 0.6) is 0 Å². The van der Waals surface area contributed by atoms with E-state index in [1.54, 1.807) is 0 Å². The number of nitrogens with zero attached hydrogens (tertiary/aromatic N) is 4. The molecule has 1 atom stereocenters. The number of fused-ring (bicyclic) bond motifs is 1. The molecule has 2 aromatic heterocycles. The van der Waals surface area contributed by atoms with E-state index in [2.05, 4.69) is 50.9 Å². The predicted octanol–water partition coefficient (Wildman–Crippen LogP) is 3.46. The fourth-order valence-corrected chi connectivity index (χ4v) is 5.27. The molecule has 1 aliphatic heterocycles. The molecule has 0 radical (unpaired) electrons. The van der Waals surface area contributed by atoms with Gasteiger partial charge in [0.1, 0.15) is 11.6 Å². The number of rotatable bonds is 4. The van der Waals surface area contributed by atoms with Gasteiger partial charge in [-0.25, -0.2) is 0 Å². The summed E-state index contributed by atoms with van der Waals surface area (Å²) < 4.78 is 2.15. The second-order valence-corrected chi connectivity index (χ2v) is 9.78. The molecule has 3 aromatic rings. The average Bonchev–Trinajstić information content (AvgIpc) is 3.49. The Morgan fingerprint density at radius 3 is 2.61 bits per heavy atom. The third-order valence-electron chi connectivity index (χ3n) is 6.04. The zero-order valence-corrected chi connectivity index (χ0v) is 16.8. The van der Waals surface area contributed by atoms with Gasteiger partial charge < -0.3 is 9.67 Å². The zero-order chi connectivity index (χ0) is 19.2. The first kappa shape index (κ1) is 17.9. The topological polar surface area (TPSA) is 63.8 Å². The van der Waals surface area contributed by atoms with Crippen molar-refractivity contribution in [1.29, 1.82) is 0 Å². The van der Waals surface area contributed by atoms with E-state index in [4.69, 9.17) is 0 Å². The van der Waals surface area contributed by atoms with E-state index in [1.165, 1.54) is 5.56 Å². The first-order valence-electron chi connectivity index (χ1n) is 9.83. The fraction of sp³-hybridized carbons (Fsp3) is 0.409. The van der Waals surface area contributed by atoms with E-state index in [0.717, 1.165) is 54.5 Å². The van der Waals surface area contributed by atoms with Crippen molar-refractivity contribution in [2.45, 2.75) is 42.9 Å². The Balaban J connectivity index is 1.48. The lowest BCUT2D eigenvalue weighted by Gasteiger charge is -2.23. The molecule has 1 unspecified atom stereocenters. The molecule has 1 N–H and O–H groups in total. The predicted molar refractivity (Wildman–Crippen MR) is 111 cm³/mol. The second kappa shape index (κ2) is 6.71. The van der Waals surface area contributed by atoms with Crippen molar-refractivity contribution in [3.63, 3.8) is 0 Å². The Bertz CT molecular complexity index is 982. The third-order valence-corrected chi connectivity index (χ3v) is 7.39. The highest BCUT2D eigenvalue weighted by molar-refractivity contribution is 8.00. The van der Waals surface area contributed by atoms with Crippen molar-refractivity contribution in [3.8, 4) is 11.3 Å². The maximum atomic E-state index is 9.79. The first-order valence-corrected chi connectivity index (χ1v) is 10.8. The van der Waals surface area contributed by atoms with Crippen LogP contribution in [0.2, 0.25) is 0 Å². The van der Waals surface area contributed by atoms with Crippen molar-refractivity contribution in [2.75, 3.05) is 12.4 Å². The van der Waals surface area contributed by atoms with Gasteiger partial charge >= 0.3 is 0 Å². The number of thioether (sulfide) groups is 1. The number of pyridine rings is 1. The number of aliphatic hydroxyl groups excluding tert-OH is 1. The summed E-state index contributed by atoms with van der Waals surface area (Å²) in [7, 11) is 0. The summed E-state index contributed by atoms with van der Waals surface area (Å²) in [5, 5.41) is 19.0. The molecule has 28 heavy (non-hydrogen) atoms. The van der Waals surface area contributed by atoms with Crippen LogP contribution < -0.4 is 0 Å². The summed E-state index contributed by atoms with van der Waals surface area (Å²) in [6.07, 6.45) is 4.81. The van der Waals surface area contributed by atoms with Gasteiger partial charge in [0.25, 0.3) is 0 Å². The lowest BCUT2D eigenvalue weighted by atomic mass is 9.93. The Hall–Kier alpha value is -2.18. The molecule has 0 amide bonds. The lowest BCUT2D eigenvalue weighted by Crippen LogP contribution is -2.28. The van der Waals surface area contributed by atoms with Gasteiger partial charge in [-0.3, -0.25) is 4.98 Å². The van der Waals surface area contributed by atoms with Crippen molar-refractivity contribution >= 4 is 11.8 Å². The summed E-state index contributed by atoms with van der Waals surface area (Å²) in [6.45, 7) is 3.19. The standard InChI is InChI=1S/C22H24N4OS/c1-21(15-27)14-19-24-25-20(26(19)12-13-28-21)22(9-10-22)17-7-5-16(6-8-17)18-4-2-3-11-23-18/h2-8,11,27H,9-10,12-15H2,1H3. The Kier molecular flexibility index (Phi) is 4.29. The van der Waals surface area contributed by atoms with Crippen LogP contribution in [-0.4, -0.2) is 42.0 Å². The van der Waals surface area contributed by atoms with Crippen LogP contribution in [0.15, 0.2) is 48.7 Å². The van der Waals surface area contributed by atoms with Crippen LogP contribution in [0, 0.1) is 0 Å². The van der Waals surface area contributed by atoms with Crippen molar-refractivity contribution in [2.24, 2.45) is 0 Å². The molecule has 1 fully saturated rings. The number of aromatic nitrogens is 4. The summed E-state index contributed by atoms with van der Waals surface area (Å²) in [5.74, 6) is 3.08. The van der Waals surface area contributed by atoms with Crippen molar-refractivity contribution in [3.05, 3.63) is 65.9 Å². The largest absolute Gasteiger partial charge is 0.395 e. The lowest BCUT2D eigenvalue weighted by molar-refractivity contribution is 0.254. The summed E-state index contributed by atoms with van der Waals surface area (Å²) in [5.41, 5.74) is 3.42. The Labute approximate surface area is 169 Å². The number of hydrogen-bond donors (Lipinski definition) is 1. The van der Waals surface area contributed by atoms with Gasteiger partial charge in [0.05, 0.1) is 17.7 Å². The quantitative estimate of drug-likeness (QED) is 0.737. The van der Waals surface area contributed by atoms with Crippen LogP contribution in [0.25, 0.3) is 11.3 Å². The maximum Gasteiger partial charge on any atom is 0.143 e. The summed E-state index contributed by atoms with van der Waals surface area (Å²) in [4.78, 5) is 4.45. The Morgan fingerprint density at radius 1 is 1.11 bits per heavy atom. The number of benzene rings is 1. The van der Waals surface area contributed by atoms with E-state index in [9.17, 15) is 5.11 Å². The van der Waals surface area contributed by atoms with E-state index >= 15 is 0 Å². The molecule has 5 nitrogen and oxygen atoms in total. The van der Waals surface area contributed by atoms with Crippen LogP contribution in [0.3, 0.4) is 0 Å². The minimum absolute atomic E-state index is 0.0154. The molecule has 1 saturated carbocycles. The van der Waals surface area contributed by atoms with Gasteiger partial charge in [0, 0.05) is 35.2 Å². The van der Waals surface area contributed by atoms with Crippen LogP contribution in [0.1, 0.15) is 37.0 Å². The second-order valence-electron chi connectivity index (χ2n) is 8.10. The number of aliphatic hydroxyl groups is 1. The smallest absolute Gasteiger partial charge is 0.143 e. The van der Waals surface area contributed by atoms with Gasteiger partial charge in [-0.05, 0) is 37.5 Å². The molecule has 1 aliphatic carbocycles. The van der Waals surface area contributed by atoms with Crippen molar-refractivity contribution < 1.29 is 5.11 Å². The molecular formula is C22H24N4OS. The number of hydrogen-bond acceptors (Lipinski definition) is 5. The minimum Gasteiger partial charge on any atom is -0.395 e. The molecule has 0 saturated heterocycles. The van der Waals surface area contributed by atoms with Crippen LogP contribution in [0.4, 0.5) is 0 Å². The molecule has 5 rings (SSSR count). The van der Waals surface area contributed by atoms with E-state index in [1.807, 2.05) is 36.2 Å². The zero-order valence-electron chi connectivity index (χ0n) is 16.0. The summed E-state index contributed by atoms with van der Waals surface area (Å²) >= 11 is 1.84. The van der Waals surface area contributed by atoms with E-state index < -0.39 is 0 Å². The van der Waals surface area contributed by atoms with E-state index in [-0.39, 0.29) is 16.8 Å². The molecule has 3 heterocycles. The summed E-state index contributed by atoms with van der Waals surface area (Å²) in [6, 6.07) is 14.8. The van der Waals surface area contributed by atoms with Crippen LogP contribution >= 0.6 is 11.8 Å². The molecule has 144 valence electrons.